The van der Waals surface area contributed by atoms with Crippen LogP contribution in [0, 0.1) is 10.8 Å². The van der Waals surface area contributed by atoms with Gasteiger partial charge in [-0.1, -0.05) is 13.8 Å². The number of fused-ring (bicyclic) bond motifs is 1. The number of carbonyl (C=O) groups is 2. The summed E-state index contributed by atoms with van der Waals surface area (Å²) < 4.78 is 4.76. The molecule has 0 unspecified atom stereocenters. The van der Waals surface area contributed by atoms with Crippen LogP contribution in [0.1, 0.15) is 61.8 Å². The lowest BCUT2D eigenvalue weighted by Crippen LogP contribution is -2.34. The van der Waals surface area contributed by atoms with E-state index in [1.54, 1.807) is 37.3 Å². The zero-order valence-corrected chi connectivity index (χ0v) is 19.9. The Kier molecular flexibility index (Phi) is 6.37. The molecule has 166 valence electrons. The van der Waals surface area contributed by atoms with Crippen LogP contribution in [-0.4, -0.2) is 30.4 Å². The van der Waals surface area contributed by atoms with Crippen LogP contribution in [0.4, 0.5) is 10.8 Å². The molecular weight excluding hydrogens is 412 g/mol. The second-order valence-electron chi connectivity index (χ2n) is 9.28. The maximum absolute atomic E-state index is 12.8. The number of hydrogen-bond acceptors (Lipinski definition) is 7. The van der Waals surface area contributed by atoms with Crippen molar-refractivity contribution < 1.29 is 14.3 Å². The quantitative estimate of drug-likeness (QED) is 0.371. The average molecular weight is 443 g/mol. The van der Waals surface area contributed by atoms with Crippen LogP contribution in [0.3, 0.4) is 0 Å². The number of hydrogen-bond donors (Lipinski definition) is 0. The molecular formula is C24H30N2O4S. The molecule has 1 heterocycles. The van der Waals surface area contributed by atoms with Crippen molar-refractivity contribution in [1.29, 1.82) is 0 Å². The third-order valence-electron chi connectivity index (χ3n) is 5.94. The summed E-state index contributed by atoms with van der Waals surface area (Å²) in [6, 6.07) is 7.06. The second kappa shape index (κ2) is 8.54. The topological polar surface area (TPSA) is 76.6 Å². The van der Waals surface area contributed by atoms with Gasteiger partial charge in [0, 0.05) is 28.2 Å². The maximum atomic E-state index is 12.8. The lowest BCUT2D eigenvalue weighted by Gasteiger charge is -2.31. The van der Waals surface area contributed by atoms with Gasteiger partial charge in [0.15, 0.2) is 10.9 Å². The molecule has 0 N–H and O–H groups in total. The molecule has 0 radical (unpaired) electrons. The van der Waals surface area contributed by atoms with Gasteiger partial charge in [0.1, 0.15) is 5.41 Å². The summed E-state index contributed by atoms with van der Waals surface area (Å²) in [6.45, 7) is 10.1. The van der Waals surface area contributed by atoms with Crippen LogP contribution >= 0.6 is 11.3 Å². The molecule has 6 nitrogen and oxygen atoms in total. The summed E-state index contributed by atoms with van der Waals surface area (Å²) in [5.74, 6) is -0.865. The molecule has 1 aliphatic carbocycles. The highest BCUT2D eigenvalue weighted by molar-refractivity contribution is 7.15. The summed E-state index contributed by atoms with van der Waals surface area (Å²) >= 11 is 1.58. The second-order valence-corrected chi connectivity index (χ2v) is 10.3. The molecule has 0 saturated heterocycles. The highest BCUT2D eigenvalue weighted by atomic mass is 32.1. The number of esters is 1. The molecule has 3 rings (SSSR count). The standard InChI is InChI=1S/C24H30N2O4S/c1-7-26(22-25-20(28)17-14-23(2,3)13-12-18(17)31-22)16-10-8-15(9-11-16)19(27)24(4,5)21(29)30-6/h8-11H,7,12-14H2,1-6H3. The molecule has 1 aromatic heterocycles. The van der Waals surface area contributed by atoms with Gasteiger partial charge in [0.25, 0.3) is 5.56 Å². The summed E-state index contributed by atoms with van der Waals surface area (Å²) in [5.41, 5.74) is 0.868. The third kappa shape index (κ3) is 4.56. The van der Waals surface area contributed by atoms with Gasteiger partial charge in [-0.15, -0.1) is 11.3 Å². The Labute approximate surface area is 187 Å². The summed E-state index contributed by atoms with van der Waals surface area (Å²) in [7, 11) is 1.28. The highest BCUT2D eigenvalue weighted by Gasteiger charge is 2.37. The molecule has 7 heteroatoms. The van der Waals surface area contributed by atoms with Gasteiger partial charge in [-0.05, 0) is 69.7 Å². The van der Waals surface area contributed by atoms with Crippen molar-refractivity contribution in [2.24, 2.45) is 10.8 Å². The van der Waals surface area contributed by atoms with Crippen molar-refractivity contribution in [3.05, 3.63) is 50.6 Å². The number of methoxy groups -OCH3 is 1. The van der Waals surface area contributed by atoms with Gasteiger partial charge in [-0.25, -0.2) is 0 Å². The minimum Gasteiger partial charge on any atom is -0.468 e. The van der Waals surface area contributed by atoms with E-state index in [0.717, 1.165) is 35.4 Å². The zero-order valence-electron chi connectivity index (χ0n) is 19.1. The van der Waals surface area contributed by atoms with Crippen LogP contribution in [0.2, 0.25) is 0 Å². The first-order chi connectivity index (χ1) is 14.5. The van der Waals surface area contributed by atoms with Crippen molar-refractivity contribution in [3.8, 4) is 0 Å². The number of nitrogens with zero attached hydrogens (tertiary/aromatic N) is 2. The third-order valence-corrected chi connectivity index (χ3v) is 7.13. The molecule has 1 aromatic carbocycles. The Hall–Kier alpha value is -2.54. The van der Waals surface area contributed by atoms with Crippen molar-refractivity contribution >= 4 is 33.9 Å². The zero-order chi connectivity index (χ0) is 23.0. The number of anilines is 2. The van der Waals surface area contributed by atoms with Gasteiger partial charge < -0.3 is 9.64 Å². The molecule has 2 aromatic rings. The van der Waals surface area contributed by atoms with E-state index in [9.17, 15) is 14.4 Å². The van der Waals surface area contributed by atoms with E-state index in [0.29, 0.717) is 17.2 Å². The van der Waals surface area contributed by atoms with Crippen molar-refractivity contribution in [1.82, 2.24) is 4.98 Å². The monoisotopic (exact) mass is 442 g/mol. The Balaban J connectivity index is 1.91. The van der Waals surface area contributed by atoms with E-state index in [-0.39, 0.29) is 16.8 Å². The molecule has 31 heavy (non-hydrogen) atoms. The maximum Gasteiger partial charge on any atom is 0.319 e. The van der Waals surface area contributed by atoms with E-state index in [2.05, 4.69) is 18.8 Å². The highest BCUT2D eigenvalue weighted by Crippen LogP contribution is 2.37. The van der Waals surface area contributed by atoms with Gasteiger partial charge in [-0.2, -0.15) is 4.98 Å². The largest absolute Gasteiger partial charge is 0.468 e. The number of benzene rings is 1. The van der Waals surface area contributed by atoms with Crippen LogP contribution in [0.5, 0.6) is 0 Å². The Morgan fingerprint density at radius 1 is 1.23 bits per heavy atom. The van der Waals surface area contributed by atoms with Crippen LogP contribution in [0.15, 0.2) is 29.1 Å². The number of ketones is 1. The molecule has 0 fully saturated rings. The number of rotatable bonds is 6. The van der Waals surface area contributed by atoms with E-state index in [4.69, 9.17) is 4.74 Å². The molecule has 0 saturated carbocycles. The predicted octanol–water partition coefficient (Wildman–Crippen LogP) is 4.56. The number of ether oxygens (including phenoxy) is 1. The fraction of sp³-hybridized carbons (Fsp3) is 0.500. The summed E-state index contributed by atoms with van der Waals surface area (Å²) in [5, 5.41) is 0.667. The average Bonchev–Trinajstić information content (AvgIpc) is 2.74. The van der Waals surface area contributed by atoms with Crippen molar-refractivity contribution in [2.45, 2.75) is 53.9 Å². The predicted molar refractivity (Wildman–Crippen MR) is 123 cm³/mol. The van der Waals surface area contributed by atoms with Crippen molar-refractivity contribution in [3.63, 3.8) is 0 Å². The van der Waals surface area contributed by atoms with Gasteiger partial charge in [0.2, 0.25) is 0 Å². The fourth-order valence-electron chi connectivity index (χ4n) is 3.91. The number of carbonyl (C=O) groups excluding carboxylic acids is 2. The number of aryl methyl sites for hydroxylation is 1. The first-order valence-electron chi connectivity index (χ1n) is 10.5. The smallest absolute Gasteiger partial charge is 0.319 e. The van der Waals surface area contributed by atoms with Gasteiger partial charge in [0.05, 0.1) is 7.11 Å². The molecule has 0 aliphatic heterocycles. The van der Waals surface area contributed by atoms with Crippen LogP contribution < -0.4 is 10.5 Å². The van der Waals surface area contributed by atoms with Crippen molar-refractivity contribution in [2.75, 3.05) is 18.6 Å². The van der Waals surface area contributed by atoms with Gasteiger partial charge in [-0.3, -0.25) is 14.4 Å². The first kappa shape index (κ1) is 23.1. The minimum absolute atomic E-state index is 0.132. The molecule has 0 atom stereocenters. The Morgan fingerprint density at radius 3 is 2.45 bits per heavy atom. The fourth-order valence-corrected chi connectivity index (χ4v) is 5.09. The lowest BCUT2D eigenvalue weighted by molar-refractivity contribution is -0.147. The Bertz CT molecular complexity index is 1050. The molecule has 0 bridgehead atoms. The van der Waals surface area contributed by atoms with Gasteiger partial charge >= 0.3 is 5.97 Å². The molecule has 0 spiro atoms. The first-order valence-corrected chi connectivity index (χ1v) is 11.4. The van der Waals surface area contributed by atoms with E-state index >= 15 is 0 Å². The molecule has 1 aliphatic rings. The minimum atomic E-state index is -1.26. The lowest BCUT2D eigenvalue weighted by atomic mass is 9.77. The number of Topliss-reactive ketones (excluding diaryl/α,β-unsaturated/α-hetero) is 1. The van der Waals surface area contributed by atoms with E-state index < -0.39 is 11.4 Å². The normalized spacial score (nSPS) is 15.2. The number of aromatic nitrogens is 1. The summed E-state index contributed by atoms with van der Waals surface area (Å²) in [6.07, 6.45) is 2.72. The molecule has 0 amide bonds. The van der Waals surface area contributed by atoms with Crippen LogP contribution in [0.25, 0.3) is 0 Å². The van der Waals surface area contributed by atoms with E-state index in [1.807, 2.05) is 24.0 Å². The Morgan fingerprint density at radius 2 is 1.87 bits per heavy atom. The summed E-state index contributed by atoms with van der Waals surface area (Å²) in [4.78, 5) is 45.0. The van der Waals surface area contributed by atoms with E-state index in [1.165, 1.54) is 7.11 Å². The SMILES string of the molecule is CCN(c1ccc(C(=O)C(C)(C)C(=O)OC)cc1)c1nc(=O)c2c(s1)CCC(C)(C)C2. The van der Waals surface area contributed by atoms with Crippen LogP contribution in [-0.2, 0) is 22.4 Å².